The van der Waals surface area contributed by atoms with E-state index in [0.717, 1.165) is 36.4 Å². The predicted molar refractivity (Wildman–Crippen MR) is 123 cm³/mol. The lowest BCUT2D eigenvalue weighted by molar-refractivity contribution is 0.0937. The highest BCUT2D eigenvalue weighted by Crippen LogP contribution is 2.30. The van der Waals surface area contributed by atoms with E-state index in [1.54, 1.807) is 0 Å². The monoisotopic (exact) mass is 420 g/mol. The fourth-order valence-corrected chi connectivity index (χ4v) is 4.44. The summed E-state index contributed by atoms with van der Waals surface area (Å²) in [4.78, 5) is 15.6. The molecule has 0 saturated carbocycles. The third-order valence-electron chi connectivity index (χ3n) is 5.53. The van der Waals surface area contributed by atoms with Crippen molar-refractivity contribution >= 4 is 17.2 Å². The normalized spacial score (nSPS) is 14.8. The Morgan fingerprint density at radius 3 is 2.73 bits per heavy atom. The maximum atomic E-state index is 13.0. The summed E-state index contributed by atoms with van der Waals surface area (Å²) in [5, 5.41) is 6.35. The number of carbonyl (C=O) groups excluding carboxylic acids is 1. The Balaban J connectivity index is 1.48. The Bertz CT molecular complexity index is 1040. The first-order chi connectivity index (χ1) is 14.5. The van der Waals surface area contributed by atoms with Crippen molar-refractivity contribution in [3.8, 4) is 16.2 Å². The summed E-state index contributed by atoms with van der Waals surface area (Å²) in [6, 6.07) is 18.4. The van der Waals surface area contributed by atoms with Crippen LogP contribution in [0.2, 0.25) is 0 Å². The second kappa shape index (κ2) is 9.02. The first kappa shape index (κ1) is 20.6. The standard InChI is InChI=1S/C25H28N2O2S/c1-4-22-10-11-24(30-22)19-7-5-6-18(12-19)17(3)27-25(28)23-13-20(9-8-16(23)2)29-21-14-26-15-21/h5-13,17,21,26H,4,14-15H2,1-3H3,(H,27,28). The molecule has 0 spiro atoms. The number of rotatable bonds is 7. The van der Waals surface area contributed by atoms with Gasteiger partial charge in [0.1, 0.15) is 11.9 Å². The lowest BCUT2D eigenvalue weighted by Gasteiger charge is -2.28. The van der Waals surface area contributed by atoms with E-state index in [1.807, 2.05) is 43.4 Å². The topological polar surface area (TPSA) is 50.4 Å². The van der Waals surface area contributed by atoms with Crippen molar-refractivity contribution in [2.45, 2.75) is 39.3 Å². The second-order valence-corrected chi connectivity index (χ2v) is 8.98. The third-order valence-corrected chi connectivity index (χ3v) is 6.81. The van der Waals surface area contributed by atoms with E-state index in [1.165, 1.54) is 15.3 Å². The molecule has 1 fully saturated rings. The van der Waals surface area contributed by atoms with Crippen LogP contribution in [0.3, 0.4) is 0 Å². The number of amides is 1. The zero-order chi connectivity index (χ0) is 21.1. The zero-order valence-electron chi connectivity index (χ0n) is 17.7. The van der Waals surface area contributed by atoms with Gasteiger partial charge in [0.05, 0.1) is 6.04 Å². The van der Waals surface area contributed by atoms with Gasteiger partial charge < -0.3 is 15.4 Å². The molecule has 0 radical (unpaired) electrons. The van der Waals surface area contributed by atoms with Crippen molar-refractivity contribution in [3.05, 3.63) is 76.2 Å². The molecule has 0 aliphatic carbocycles. The molecule has 1 aliphatic heterocycles. The van der Waals surface area contributed by atoms with Gasteiger partial charge in [-0.15, -0.1) is 11.3 Å². The Morgan fingerprint density at radius 2 is 2.03 bits per heavy atom. The highest BCUT2D eigenvalue weighted by Gasteiger charge is 2.20. The van der Waals surface area contributed by atoms with Crippen molar-refractivity contribution in [2.75, 3.05) is 13.1 Å². The first-order valence-electron chi connectivity index (χ1n) is 10.5. The van der Waals surface area contributed by atoms with Crippen LogP contribution >= 0.6 is 11.3 Å². The van der Waals surface area contributed by atoms with Crippen LogP contribution in [0.25, 0.3) is 10.4 Å². The molecule has 2 aromatic carbocycles. The number of hydrogen-bond donors (Lipinski definition) is 2. The van der Waals surface area contributed by atoms with Gasteiger partial charge in [0.2, 0.25) is 0 Å². The average molecular weight is 421 g/mol. The van der Waals surface area contributed by atoms with Gasteiger partial charge in [-0.2, -0.15) is 0 Å². The Morgan fingerprint density at radius 1 is 1.20 bits per heavy atom. The van der Waals surface area contributed by atoms with Crippen LogP contribution in [0.15, 0.2) is 54.6 Å². The smallest absolute Gasteiger partial charge is 0.252 e. The van der Waals surface area contributed by atoms with Crippen molar-refractivity contribution < 1.29 is 9.53 Å². The van der Waals surface area contributed by atoms with E-state index in [2.05, 4.69) is 54.0 Å². The van der Waals surface area contributed by atoms with E-state index in [4.69, 9.17) is 4.74 Å². The van der Waals surface area contributed by atoms with E-state index < -0.39 is 0 Å². The first-order valence-corrected chi connectivity index (χ1v) is 11.3. The van der Waals surface area contributed by atoms with Crippen LogP contribution < -0.4 is 15.4 Å². The van der Waals surface area contributed by atoms with E-state index >= 15 is 0 Å². The summed E-state index contributed by atoms with van der Waals surface area (Å²) in [5.41, 5.74) is 3.89. The molecule has 1 aliphatic rings. The number of carbonyl (C=O) groups is 1. The molecule has 5 heteroatoms. The maximum Gasteiger partial charge on any atom is 0.252 e. The number of ether oxygens (including phenoxy) is 1. The summed E-state index contributed by atoms with van der Waals surface area (Å²) in [6.45, 7) is 7.86. The fraction of sp³-hybridized carbons (Fsp3) is 0.320. The van der Waals surface area contributed by atoms with Gasteiger partial charge in [0.15, 0.2) is 0 Å². The molecular formula is C25H28N2O2S. The summed E-state index contributed by atoms with van der Waals surface area (Å²) >= 11 is 1.83. The molecule has 1 aromatic heterocycles. The predicted octanol–water partition coefficient (Wildman–Crippen LogP) is 5.13. The van der Waals surface area contributed by atoms with Gasteiger partial charge in [-0.3, -0.25) is 4.79 Å². The number of aryl methyl sites for hydroxylation is 2. The summed E-state index contributed by atoms with van der Waals surface area (Å²) < 4.78 is 5.92. The molecule has 156 valence electrons. The van der Waals surface area contributed by atoms with Crippen molar-refractivity contribution in [3.63, 3.8) is 0 Å². The largest absolute Gasteiger partial charge is 0.488 e. The molecule has 2 heterocycles. The molecular weight excluding hydrogens is 392 g/mol. The number of benzene rings is 2. The van der Waals surface area contributed by atoms with Crippen molar-refractivity contribution in [1.82, 2.24) is 10.6 Å². The molecule has 0 bridgehead atoms. The van der Waals surface area contributed by atoms with Crippen LogP contribution in [-0.4, -0.2) is 25.1 Å². The highest BCUT2D eigenvalue weighted by atomic mass is 32.1. The van der Waals surface area contributed by atoms with Crippen molar-refractivity contribution in [1.29, 1.82) is 0 Å². The molecule has 4 rings (SSSR count). The lowest BCUT2D eigenvalue weighted by atomic mass is 10.0. The third kappa shape index (κ3) is 4.58. The van der Waals surface area contributed by atoms with Gasteiger partial charge in [0, 0.05) is 28.4 Å². The molecule has 2 N–H and O–H groups in total. The molecule has 1 saturated heterocycles. The van der Waals surface area contributed by atoms with E-state index in [0.29, 0.717) is 5.56 Å². The molecule has 30 heavy (non-hydrogen) atoms. The van der Waals surface area contributed by atoms with E-state index in [-0.39, 0.29) is 18.1 Å². The maximum absolute atomic E-state index is 13.0. The zero-order valence-corrected chi connectivity index (χ0v) is 18.5. The average Bonchev–Trinajstić information content (AvgIpc) is 3.21. The van der Waals surface area contributed by atoms with Gasteiger partial charge in [-0.05, 0) is 67.3 Å². The number of hydrogen-bond acceptors (Lipinski definition) is 4. The van der Waals surface area contributed by atoms with E-state index in [9.17, 15) is 4.79 Å². The molecule has 1 atom stereocenters. The molecule has 4 nitrogen and oxygen atoms in total. The minimum absolute atomic E-state index is 0.0769. The Labute approximate surface area is 182 Å². The van der Waals surface area contributed by atoms with Gasteiger partial charge in [-0.1, -0.05) is 31.2 Å². The second-order valence-electron chi connectivity index (χ2n) is 7.81. The van der Waals surface area contributed by atoms with Crippen LogP contribution in [0.4, 0.5) is 0 Å². The van der Waals surface area contributed by atoms with Crippen LogP contribution in [-0.2, 0) is 6.42 Å². The fourth-order valence-electron chi connectivity index (χ4n) is 3.50. The van der Waals surface area contributed by atoms with Gasteiger partial charge in [0.25, 0.3) is 5.91 Å². The SMILES string of the molecule is CCc1ccc(-c2cccc(C(C)NC(=O)c3cc(OC4CNC4)ccc3C)c2)s1. The van der Waals surface area contributed by atoms with Crippen LogP contribution in [0.1, 0.15) is 46.3 Å². The summed E-state index contributed by atoms with van der Waals surface area (Å²) in [5.74, 6) is 0.670. The molecule has 1 unspecified atom stereocenters. The lowest BCUT2D eigenvalue weighted by Crippen LogP contribution is -2.50. The van der Waals surface area contributed by atoms with Crippen molar-refractivity contribution in [2.24, 2.45) is 0 Å². The number of thiophene rings is 1. The van der Waals surface area contributed by atoms with Gasteiger partial charge >= 0.3 is 0 Å². The molecule has 1 amide bonds. The Kier molecular flexibility index (Phi) is 6.21. The van der Waals surface area contributed by atoms with Crippen LogP contribution in [0.5, 0.6) is 5.75 Å². The number of nitrogens with one attached hydrogen (secondary N) is 2. The summed E-state index contributed by atoms with van der Waals surface area (Å²) in [7, 11) is 0. The van der Waals surface area contributed by atoms with Crippen LogP contribution in [0, 0.1) is 6.92 Å². The molecule has 3 aromatic rings. The quantitative estimate of drug-likeness (QED) is 0.557. The highest BCUT2D eigenvalue weighted by molar-refractivity contribution is 7.15. The minimum Gasteiger partial charge on any atom is -0.488 e. The minimum atomic E-state index is -0.0946. The Hall–Kier alpha value is -2.63. The summed E-state index contributed by atoms with van der Waals surface area (Å²) in [6.07, 6.45) is 1.24. The van der Waals surface area contributed by atoms with Gasteiger partial charge in [-0.25, -0.2) is 0 Å².